The summed E-state index contributed by atoms with van der Waals surface area (Å²) in [5.41, 5.74) is 5.82. The van der Waals surface area contributed by atoms with Gasteiger partial charge in [0, 0.05) is 0 Å². The van der Waals surface area contributed by atoms with Gasteiger partial charge < -0.3 is 5.73 Å². The Kier molecular flexibility index (Phi) is 4.37. The minimum atomic E-state index is -3.92. The van der Waals surface area contributed by atoms with Crippen molar-refractivity contribution in [3.8, 4) is 0 Å². The third-order valence-electron chi connectivity index (χ3n) is 2.07. The van der Waals surface area contributed by atoms with E-state index in [1.54, 1.807) is 12.1 Å². The first-order valence-corrected chi connectivity index (χ1v) is 6.41. The van der Waals surface area contributed by atoms with E-state index in [1.165, 1.54) is 12.1 Å². The van der Waals surface area contributed by atoms with Crippen LogP contribution in [0.1, 0.15) is 5.56 Å². The summed E-state index contributed by atoms with van der Waals surface area (Å²) in [7, 11) is -3.92. The number of alkyl halides is 2. The van der Waals surface area contributed by atoms with E-state index in [2.05, 4.69) is 0 Å². The van der Waals surface area contributed by atoms with Gasteiger partial charge in [0.1, 0.15) is 5.75 Å². The third-order valence-corrected chi connectivity index (χ3v) is 3.83. The van der Waals surface area contributed by atoms with Crippen molar-refractivity contribution in [2.75, 3.05) is 12.3 Å². The number of rotatable bonds is 5. The van der Waals surface area contributed by atoms with Crippen molar-refractivity contribution in [1.29, 1.82) is 0 Å². The van der Waals surface area contributed by atoms with E-state index in [0.29, 0.717) is 12.0 Å². The van der Waals surface area contributed by atoms with Gasteiger partial charge in [0.05, 0.1) is 4.90 Å². The van der Waals surface area contributed by atoms with Gasteiger partial charge in [-0.15, -0.1) is 0 Å². The summed E-state index contributed by atoms with van der Waals surface area (Å²) >= 11 is 0. The Morgan fingerprint density at radius 2 is 1.88 bits per heavy atom. The average molecular weight is 249 g/mol. The van der Waals surface area contributed by atoms with Crippen molar-refractivity contribution < 1.29 is 17.2 Å². The maximum atomic E-state index is 12.1. The van der Waals surface area contributed by atoms with Crippen LogP contribution in [0.25, 0.3) is 0 Å². The van der Waals surface area contributed by atoms with Crippen molar-refractivity contribution in [3.05, 3.63) is 29.8 Å². The zero-order chi connectivity index (χ0) is 12.2. The molecule has 0 aromatic heterocycles. The van der Waals surface area contributed by atoms with Crippen molar-refractivity contribution in [3.63, 3.8) is 0 Å². The number of benzene rings is 1. The zero-order valence-electron chi connectivity index (χ0n) is 8.57. The summed E-state index contributed by atoms with van der Waals surface area (Å²) in [6.07, 6.45) is -2.51. The number of nitrogens with two attached hydrogens (primary N) is 1. The molecular weight excluding hydrogens is 236 g/mol. The van der Waals surface area contributed by atoms with E-state index in [9.17, 15) is 17.2 Å². The molecular formula is C10H13F2NO2S. The molecule has 0 saturated heterocycles. The van der Waals surface area contributed by atoms with Crippen molar-refractivity contribution in [2.45, 2.75) is 17.7 Å². The van der Waals surface area contributed by atoms with Gasteiger partial charge in [-0.1, -0.05) is 18.2 Å². The van der Waals surface area contributed by atoms with E-state index in [1.807, 2.05) is 0 Å². The SMILES string of the molecule is NCCc1ccccc1S(=O)(=O)CC(F)F. The van der Waals surface area contributed by atoms with Gasteiger partial charge in [-0.3, -0.25) is 0 Å². The summed E-state index contributed by atoms with van der Waals surface area (Å²) in [4.78, 5) is -0.0410. The monoisotopic (exact) mass is 249 g/mol. The Bertz CT molecular complexity index is 446. The molecule has 1 aromatic carbocycles. The first kappa shape index (κ1) is 13.1. The lowest BCUT2D eigenvalue weighted by Crippen LogP contribution is -2.16. The summed E-state index contributed by atoms with van der Waals surface area (Å²) < 4.78 is 47.5. The smallest absolute Gasteiger partial charge is 0.252 e. The fourth-order valence-electron chi connectivity index (χ4n) is 1.42. The Labute approximate surface area is 93.2 Å². The topological polar surface area (TPSA) is 60.2 Å². The fraction of sp³-hybridized carbons (Fsp3) is 0.400. The molecule has 0 bridgehead atoms. The molecule has 1 aromatic rings. The molecule has 2 N–H and O–H groups in total. The standard InChI is InChI=1S/C10H13F2NO2S/c11-10(12)7-16(14,15)9-4-2-1-3-8(9)5-6-13/h1-4,10H,5-7,13H2. The molecule has 3 nitrogen and oxygen atoms in total. The van der Waals surface area contributed by atoms with Crippen LogP contribution in [0.15, 0.2) is 29.2 Å². The molecule has 0 unspecified atom stereocenters. The van der Waals surface area contributed by atoms with Gasteiger partial charge in [0.15, 0.2) is 9.84 Å². The van der Waals surface area contributed by atoms with Crippen molar-refractivity contribution >= 4 is 9.84 Å². The maximum absolute atomic E-state index is 12.1. The summed E-state index contributed by atoms with van der Waals surface area (Å²) in [5.74, 6) is -1.14. The van der Waals surface area contributed by atoms with Crippen LogP contribution in [-0.2, 0) is 16.3 Å². The van der Waals surface area contributed by atoms with E-state index >= 15 is 0 Å². The van der Waals surface area contributed by atoms with Crippen LogP contribution in [0.5, 0.6) is 0 Å². The molecule has 0 heterocycles. The quantitative estimate of drug-likeness (QED) is 0.853. The molecule has 0 aliphatic carbocycles. The molecule has 0 radical (unpaired) electrons. The minimum Gasteiger partial charge on any atom is -0.330 e. The third kappa shape index (κ3) is 3.24. The Morgan fingerprint density at radius 3 is 2.44 bits per heavy atom. The molecule has 0 aliphatic rings. The first-order chi connectivity index (χ1) is 7.47. The Morgan fingerprint density at radius 1 is 1.25 bits per heavy atom. The highest BCUT2D eigenvalue weighted by molar-refractivity contribution is 7.91. The Hall–Kier alpha value is -1.01. The fourth-order valence-corrected chi connectivity index (χ4v) is 2.79. The first-order valence-electron chi connectivity index (χ1n) is 4.76. The molecule has 90 valence electrons. The summed E-state index contributed by atoms with van der Waals surface area (Å²) in [6.45, 7) is 0.279. The second-order valence-corrected chi connectivity index (χ2v) is 5.32. The van der Waals surface area contributed by atoms with Crippen molar-refractivity contribution in [1.82, 2.24) is 0 Å². The molecule has 0 atom stereocenters. The Balaban J connectivity index is 3.11. The zero-order valence-corrected chi connectivity index (χ0v) is 9.38. The van der Waals surface area contributed by atoms with Crippen LogP contribution in [0.3, 0.4) is 0 Å². The minimum absolute atomic E-state index is 0.0410. The molecule has 0 amide bonds. The lowest BCUT2D eigenvalue weighted by atomic mass is 10.1. The molecule has 0 fully saturated rings. The van der Waals surface area contributed by atoms with Gasteiger partial charge >= 0.3 is 0 Å². The second kappa shape index (κ2) is 5.36. The van der Waals surface area contributed by atoms with Gasteiger partial charge in [-0.2, -0.15) is 0 Å². The van der Waals surface area contributed by atoms with Crippen LogP contribution in [0.4, 0.5) is 8.78 Å². The largest absolute Gasteiger partial charge is 0.330 e. The van der Waals surface area contributed by atoms with Crippen LogP contribution >= 0.6 is 0 Å². The normalized spacial score (nSPS) is 12.0. The van der Waals surface area contributed by atoms with Crippen LogP contribution in [0.2, 0.25) is 0 Å². The highest BCUT2D eigenvalue weighted by Gasteiger charge is 2.22. The number of halogens is 2. The van der Waals surface area contributed by atoms with E-state index in [0.717, 1.165) is 0 Å². The average Bonchev–Trinajstić information content (AvgIpc) is 2.17. The van der Waals surface area contributed by atoms with Gasteiger partial charge in [-0.05, 0) is 24.6 Å². The predicted octanol–water partition coefficient (Wildman–Crippen LogP) is 1.23. The second-order valence-electron chi connectivity index (χ2n) is 3.32. The van der Waals surface area contributed by atoms with Gasteiger partial charge in [0.25, 0.3) is 6.43 Å². The highest BCUT2D eigenvalue weighted by atomic mass is 32.2. The molecule has 1 rings (SSSR count). The van der Waals surface area contributed by atoms with Crippen LogP contribution in [0, 0.1) is 0 Å². The van der Waals surface area contributed by atoms with Crippen LogP contribution < -0.4 is 5.73 Å². The maximum Gasteiger partial charge on any atom is 0.252 e. The lowest BCUT2D eigenvalue weighted by molar-refractivity contribution is 0.174. The van der Waals surface area contributed by atoms with Gasteiger partial charge in [-0.25, -0.2) is 17.2 Å². The van der Waals surface area contributed by atoms with E-state index in [4.69, 9.17) is 5.73 Å². The molecule has 6 heteroatoms. The molecule has 16 heavy (non-hydrogen) atoms. The highest BCUT2D eigenvalue weighted by Crippen LogP contribution is 2.18. The van der Waals surface area contributed by atoms with E-state index in [-0.39, 0.29) is 11.4 Å². The summed E-state index contributed by atoms with van der Waals surface area (Å²) in [6, 6.07) is 6.10. The van der Waals surface area contributed by atoms with Crippen LogP contribution in [-0.4, -0.2) is 27.1 Å². The molecule has 0 spiro atoms. The predicted molar refractivity (Wildman–Crippen MR) is 57.3 cm³/mol. The van der Waals surface area contributed by atoms with Crippen molar-refractivity contribution in [2.24, 2.45) is 5.73 Å². The van der Waals surface area contributed by atoms with Gasteiger partial charge in [0.2, 0.25) is 0 Å². The van der Waals surface area contributed by atoms with E-state index < -0.39 is 22.0 Å². The lowest BCUT2D eigenvalue weighted by Gasteiger charge is -2.09. The number of hydrogen-bond donors (Lipinski definition) is 1. The molecule has 0 aliphatic heterocycles. The summed E-state index contributed by atoms with van der Waals surface area (Å²) in [5, 5.41) is 0. The number of hydrogen-bond acceptors (Lipinski definition) is 3. The molecule has 0 saturated carbocycles. The number of sulfone groups is 1.